The molecule has 0 aliphatic heterocycles. The summed E-state index contributed by atoms with van der Waals surface area (Å²) in [5, 5.41) is 4.03. The van der Waals surface area contributed by atoms with Crippen LogP contribution in [0.1, 0.15) is 12.5 Å². The van der Waals surface area contributed by atoms with Gasteiger partial charge in [0.05, 0.1) is 6.61 Å². The lowest BCUT2D eigenvalue weighted by Crippen LogP contribution is -2.09. The molecule has 1 N–H and O–H groups in total. The van der Waals surface area contributed by atoms with Crippen molar-refractivity contribution in [1.82, 2.24) is 0 Å². The first-order valence-corrected chi connectivity index (χ1v) is 7.21. The molecule has 1 aromatic heterocycles. The van der Waals surface area contributed by atoms with E-state index in [1.54, 1.807) is 6.07 Å². The minimum absolute atomic E-state index is 0.387. The van der Waals surface area contributed by atoms with Crippen molar-refractivity contribution in [2.75, 3.05) is 11.9 Å². The Bertz CT molecular complexity index is 853. The van der Waals surface area contributed by atoms with Gasteiger partial charge in [0.15, 0.2) is 0 Å². The Morgan fingerprint density at radius 3 is 2.64 bits per heavy atom. The van der Waals surface area contributed by atoms with E-state index in [1.807, 2.05) is 56.3 Å². The lowest BCUT2D eigenvalue weighted by atomic mass is 10.1. The molecular weight excluding hydrogens is 278 g/mol. The maximum atomic E-state index is 12.3. The zero-order chi connectivity index (χ0) is 15.5. The molecule has 0 saturated carbocycles. The summed E-state index contributed by atoms with van der Waals surface area (Å²) >= 11 is 0. The van der Waals surface area contributed by atoms with Crippen LogP contribution in [0.4, 0.5) is 11.4 Å². The maximum Gasteiger partial charge on any atom is 0.360 e. The van der Waals surface area contributed by atoms with Gasteiger partial charge in [0.2, 0.25) is 0 Å². The molecule has 0 spiro atoms. The largest absolute Gasteiger partial charge is 0.494 e. The number of anilines is 2. The van der Waals surface area contributed by atoms with Gasteiger partial charge in [-0.15, -0.1) is 0 Å². The Morgan fingerprint density at radius 2 is 1.91 bits per heavy atom. The first-order chi connectivity index (χ1) is 10.7. The SMILES string of the molecule is CCOc1ccc2c(C)c(Nc3ccccc3)c(=O)oc2c1. The minimum atomic E-state index is -0.387. The second kappa shape index (κ2) is 5.93. The molecule has 0 aliphatic carbocycles. The molecule has 0 aliphatic rings. The molecule has 0 radical (unpaired) electrons. The first kappa shape index (κ1) is 14.2. The summed E-state index contributed by atoms with van der Waals surface area (Å²) in [6.45, 7) is 4.39. The number of fused-ring (bicyclic) bond motifs is 1. The van der Waals surface area contributed by atoms with Gasteiger partial charge >= 0.3 is 5.63 Å². The van der Waals surface area contributed by atoms with Crippen molar-refractivity contribution in [3.05, 3.63) is 64.5 Å². The van der Waals surface area contributed by atoms with E-state index in [1.165, 1.54) is 0 Å². The zero-order valence-electron chi connectivity index (χ0n) is 12.6. The molecule has 0 fully saturated rings. The summed E-state index contributed by atoms with van der Waals surface area (Å²) in [6.07, 6.45) is 0. The predicted molar refractivity (Wildman–Crippen MR) is 88.1 cm³/mol. The summed E-state index contributed by atoms with van der Waals surface area (Å²) in [7, 11) is 0. The predicted octanol–water partition coefficient (Wildman–Crippen LogP) is 4.24. The van der Waals surface area contributed by atoms with Gasteiger partial charge in [0, 0.05) is 17.1 Å². The third-order valence-electron chi connectivity index (χ3n) is 3.49. The van der Waals surface area contributed by atoms with Gasteiger partial charge in [-0.05, 0) is 43.7 Å². The van der Waals surface area contributed by atoms with Crippen LogP contribution in [0.5, 0.6) is 5.75 Å². The number of para-hydroxylation sites is 1. The van der Waals surface area contributed by atoms with Gasteiger partial charge < -0.3 is 14.5 Å². The number of aryl methyl sites for hydroxylation is 1. The highest BCUT2D eigenvalue weighted by Gasteiger charge is 2.12. The Morgan fingerprint density at radius 1 is 1.14 bits per heavy atom. The molecule has 0 bridgehead atoms. The Hall–Kier alpha value is -2.75. The molecule has 3 aromatic rings. The number of hydrogen-bond donors (Lipinski definition) is 1. The van der Waals surface area contributed by atoms with E-state index in [0.717, 1.165) is 16.6 Å². The fourth-order valence-corrected chi connectivity index (χ4v) is 2.40. The van der Waals surface area contributed by atoms with E-state index in [-0.39, 0.29) is 5.63 Å². The third kappa shape index (κ3) is 2.68. The highest BCUT2D eigenvalue weighted by molar-refractivity contribution is 5.86. The first-order valence-electron chi connectivity index (χ1n) is 7.21. The van der Waals surface area contributed by atoms with Crippen LogP contribution in [-0.2, 0) is 0 Å². The van der Waals surface area contributed by atoms with Crippen LogP contribution in [0.2, 0.25) is 0 Å². The smallest absolute Gasteiger partial charge is 0.360 e. The van der Waals surface area contributed by atoms with Gasteiger partial charge in [-0.25, -0.2) is 4.79 Å². The molecule has 2 aromatic carbocycles. The van der Waals surface area contributed by atoms with Gasteiger partial charge in [-0.3, -0.25) is 0 Å². The quantitative estimate of drug-likeness (QED) is 0.731. The van der Waals surface area contributed by atoms with Crippen molar-refractivity contribution in [2.45, 2.75) is 13.8 Å². The van der Waals surface area contributed by atoms with Crippen molar-refractivity contribution < 1.29 is 9.15 Å². The van der Waals surface area contributed by atoms with E-state index < -0.39 is 0 Å². The zero-order valence-corrected chi connectivity index (χ0v) is 12.6. The van der Waals surface area contributed by atoms with Crippen molar-refractivity contribution in [2.24, 2.45) is 0 Å². The second-order valence-electron chi connectivity index (χ2n) is 4.97. The van der Waals surface area contributed by atoms with Crippen LogP contribution in [0.25, 0.3) is 11.0 Å². The van der Waals surface area contributed by atoms with E-state index in [4.69, 9.17) is 9.15 Å². The Balaban J connectivity index is 2.08. The normalized spacial score (nSPS) is 10.6. The third-order valence-corrected chi connectivity index (χ3v) is 3.49. The van der Waals surface area contributed by atoms with Gasteiger partial charge in [0.1, 0.15) is 17.0 Å². The summed E-state index contributed by atoms with van der Waals surface area (Å²) in [4.78, 5) is 12.3. The number of ether oxygens (including phenoxy) is 1. The molecule has 0 amide bonds. The summed E-state index contributed by atoms with van der Waals surface area (Å²) in [6, 6.07) is 15.1. The number of benzene rings is 2. The Labute approximate surface area is 128 Å². The lowest BCUT2D eigenvalue weighted by molar-refractivity contribution is 0.340. The molecule has 0 atom stereocenters. The molecule has 1 heterocycles. The van der Waals surface area contributed by atoms with Crippen LogP contribution in [0.3, 0.4) is 0 Å². The fourth-order valence-electron chi connectivity index (χ4n) is 2.40. The van der Waals surface area contributed by atoms with E-state index in [0.29, 0.717) is 23.6 Å². The van der Waals surface area contributed by atoms with Crippen LogP contribution in [-0.4, -0.2) is 6.61 Å². The van der Waals surface area contributed by atoms with Gasteiger partial charge in [0.25, 0.3) is 0 Å². The summed E-state index contributed by atoms with van der Waals surface area (Å²) in [5.74, 6) is 0.696. The molecule has 0 saturated heterocycles. The standard InChI is InChI=1S/C18H17NO3/c1-3-21-14-9-10-15-12(2)17(18(20)22-16(15)11-14)19-13-7-5-4-6-8-13/h4-11,19H,3H2,1-2H3. The van der Waals surface area contributed by atoms with Crippen LogP contribution < -0.4 is 15.7 Å². The molecule has 22 heavy (non-hydrogen) atoms. The van der Waals surface area contributed by atoms with Gasteiger partial charge in [-0.1, -0.05) is 18.2 Å². The molecule has 3 rings (SSSR count). The van der Waals surface area contributed by atoms with Crippen LogP contribution in [0, 0.1) is 6.92 Å². The monoisotopic (exact) mass is 295 g/mol. The molecule has 4 nitrogen and oxygen atoms in total. The highest BCUT2D eigenvalue weighted by atomic mass is 16.5. The van der Waals surface area contributed by atoms with Gasteiger partial charge in [-0.2, -0.15) is 0 Å². The van der Waals surface area contributed by atoms with Crippen molar-refractivity contribution >= 4 is 22.3 Å². The van der Waals surface area contributed by atoms with E-state index in [9.17, 15) is 4.79 Å². The van der Waals surface area contributed by atoms with Crippen molar-refractivity contribution in [3.8, 4) is 5.75 Å². The highest BCUT2D eigenvalue weighted by Crippen LogP contribution is 2.27. The molecule has 112 valence electrons. The summed E-state index contributed by atoms with van der Waals surface area (Å²) in [5.41, 5.74) is 2.32. The fraction of sp³-hybridized carbons (Fsp3) is 0.167. The lowest BCUT2D eigenvalue weighted by Gasteiger charge is -2.11. The van der Waals surface area contributed by atoms with E-state index >= 15 is 0 Å². The molecule has 0 unspecified atom stereocenters. The topological polar surface area (TPSA) is 51.5 Å². The van der Waals surface area contributed by atoms with Crippen molar-refractivity contribution in [3.63, 3.8) is 0 Å². The number of rotatable bonds is 4. The van der Waals surface area contributed by atoms with Crippen molar-refractivity contribution in [1.29, 1.82) is 0 Å². The second-order valence-corrected chi connectivity index (χ2v) is 4.97. The molecule has 4 heteroatoms. The average Bonchev–Trinajstić information content (AvgIpc) is 2.52. The summed E-state index contributed by atoms with van der Waals surface area (Å²) < 4.78 is 10.9. The average molecular weight is 295 g/mol. The van der Waals surface area contributed by atoms with E-state index in [2.05, 4.69) is 5.32 Å². The van der Waals surface area contributed by atoms with Crippen LogP contribution >= 0.6 is 0 Å². The number of nitrogens with one attached hydrogen (secondary N) is 1. The molecular formula is C18H17NO3. The number of hydrogen-bond acceptors (Lipinski definition) is 4. The maximum absolute atomic E-state index is 12.3. The Kier molecular flexibility index (Phi) is 3.83. The minimum Gasteiger partial charge on any atom is -0.494 e. The van der Waals surface area contributed by atoms with Crippen LogP contribution in [0.15, 0.2) is 57.7 Å².